The zero-order valence-electron chi connectivity index (χ0n) is 17.4. The van der Waals surface area contributed by atoms with E-state index in [9.17, 15) is 9.59 Å². The second-order valence-electron chi connectivity index (χ2n) is 8.89. The number of rotatable bonds is 3. The van der Waals surface area contributed by atoms with Crippen LogP contribution in [0.5, 0.6) is 0 Å². The Morgan fingerprint density at radius 3 is 2.61 bits per heavy atom. The number of aromatic nitrogens is 2. The number of hydrogen-bond acceptors (Lipinski definition) is 3. The molecule has 3 aromatic rings. The number of hydrogen-bond donors (Lipinski definition) is 1. The molecule has 1 saturated carbocycles. The van der Waals surface area contributed by atoms with E-state index in [0.717, 1.165) is 35.3 Å². The molecule has 0 radical (unpaired) electrons. The normalized spacial score (nSPS) is 24.5. The summed E-state index contributed by atoms with van der Waals surface area (Å²) in [6, 6.07) is 19.4. The maximum atomic E-state index is 13.8. The third-order valence-electron chi connectivity index (χ3n) is 7.08. The van der Waals surface area contributed by atoms with Crippen molar-refractivity contribution >= 4 is 17.5 Å². The average Bonchev–Trinajstić information content (AvgIpc) is 3.36. The number of carbonyl (C=O) groups excluding carboxylic acids is 2. The van der Waals surface area contributed by atoms with Gasteiger partial charge in [0.1, 0.15) is 11.1 Å². The fourth-order valence-corrected chi connectivity index (χ4v) is 5.42. The number of para-hydroxylation sites is 1. The van der Waals surface area contributed by atoms with Gasteiger partial charge in [-0.1, -0.05) is 48.5 Å². The molecule has 2 aliphatic heterocycles. The summed E-state index contributed by atoms with van der Waals surface area (Å²) in [5.74, 6) is 0.390. The molecule has 2 amide bonds. The van der Waals surface area contributed by atoms with Crippen LogP contribution in [0.4, 0.5) is 5.69 Å². The highest BCUT2D eigenvalue weighted by atomic mass is 16.2. The molecule has 2 aromatic carbocycles. The predicted octanol–water partition coefficient (Wildman–Crippen LogP) is 3.77. The van der Waals surface area contributed by atoms with Gasteiger partial charge in [-0.2, -0.15) is 5.10 Å². The van der Waals surface area contributed by atoms with Crippen LogP contribution in [-0.4, -0.2) is 33.0 Å². The Morgan fingerprint density at radius 2 is 1.84 bits per heavy atom. The first-order chi connectivity index (χ1) is 15.1. The molecular weight excluding hydrogens is 388 g/mol. The highest BCUT2D eigenvalue weighted by molar-refractivity contribution is 6.08. The number of benzene rings is 2. The molecule has 1 saturated heterocycles. The second kappa shape index (κ2) is 6.54. The van der Waals surface area contributed by atoms with Gasteiger partial charge < -0.3 is 10.2 Å². The largest absolute Gasteiger partial charge is 0.329 e. The van der Waals surface area contributed by atoms with E-state index in [1.54, 1.807) is 4.68 Å². The Kier molecular flexibility index (Phi) is 3.88. The van der Waals surface area contributed by atoms with Gasteiger partial charge in [0.05, 0.1) is 11.7 Å². The van der Waals surface area contributed by atoms with Gasteiger partial charge in [0.25, 0.3) is 5.91 Å². The number of anilines is 1. The summed E-state index contributed by atoms with van der Waals surface area (Å²) in [5.41, 5.74) is 3.61. The topological polar surface area (TPSA) is 67.2 Å². The van der Waals surface area contributed by atoms with Crippen molar-refractivity contribution in [3.8, 4) is 0 Å². The number of aryl methyl sites for hydroxylation is 1. The summed E-state index contributed by atoms with van der Waals surface area (Å²) < 4.78 is 1.70. The lowest BCUT2D eigenvalue weighted by atomic mass is 9.72. The molecule has 156 valence electrons. The van der Waals surface area contributed by atoms with Crippen molar-refractivity contribution in [1.29, 1.82) is 0 Å². The standard InChI is InChI=1S/C25H24N4O2/c1-28-21(15-20(27-28)16-11-12-16)23(30)29-14-13-25(22(29)17-7-3-2-4-8-17)18-9-5-6-10-19(18)26-24(25)31/h2-10,15-16,22H,11-14H2,1H3,(H,26,31)/t22-,25+/m0/s1. The molecule has 31 heavy (non-hydrogen) atoms. The summed E-state index contributed by atoms with van der Waals surface area (Å²) in [6.45, 7) is 0.518. The number of amides is 2. The lowest BCUT2D eigenvalue weighted by Gasteiger charge is -2.34. The maximum absolute atomic E-state index is 13.8. The van der Waals surface area contributed by atoms with Crippen molar-refractivity contribution in [1.82, 2.24) is 14.7 Å². The third kappa shape index (κ3) is 2.60. The summed E-state index contributed by atoms with van der Waals surface area (Å²) in [7, 11) is 1.83. The van der Waals surface area contributed by atoms with Crippen molar-refractivity contribution in [2.75, 3.05) is 11.9 Å². The van der Waals surface area contributed by atoms with Gasteiger partial charge in [0.2, 0.25) is 5.91 Å². The number of carbonyl (C=O) groups is 2. The minimum atomic E-state index is -0.786. The van der Waals surface area contributed by atoms with Gasteiger partial charge in [-0.3, -0.25) is 14.3 Å². The smallest absolute Gasteiger partial charge is 0.272 e. The van der Waals surface area contributed by atoms with Crippen LogP contribution in [-0.2, 0) is 17.3 Å². The van der Waals surface area contributed by atoms with Crippen LogP contribution < -0.4 is 5.32 Å². The molecule has 1 aliphatic carbocycles. The van der Waals surface area contributed by atoms with E-state index in [2.05, 4.69) is 10.4 Å². The van der Waals surface area contributed by atoms with E-state index < -0.39 is 5.41 Å². The zero-order valence-corrected chi connectivity index (χ0v) is 17.4. The summed E-state index contributed by atoms with van der Waals surface area (Å²) in [5, 5.41) is 7.67. The molecule has 0 bridgehead atoms. The molecule has 6 rings (SSSR count). The lowest BCUT2D eigenvalue weighted by Crippen LogP contribution is -2.43. The fourth-order valence-electron chi connectivity index (χ4n) is 5.42. The number of likely N-dealkylation sites (tertiary alicyclic amines) is 1. The highest BCUT2D eigenvalue weighted by Crippen LogP contribution is 2.55. The van der Waals surface area contributed by atoms with Gasteiger partial charge in [-0.05, 0) is 42.5 Å². The van der Waals surface area contributed by atoms with Crippen LogP contribution in [0.25, 0.3) is 0 Å². The Hall–Kier alpha value is -3.41. The summed E-state index contributed by atoms with van der Waals surface area (Å²) in [4.78, 5) is 29.1. The minimum absolute atomic E-state index is 0.0264. The van der Waals surface area contributed by atoms with E-state index in [-0.39, 0.29) is 17.9 Å². The number of nitrogens with one attached hydrogen (secondary N) is 1. The van der Waals surface area contributed by atoms with Crippen molar-refractivity contribution in [2.45, 2.75) is 36.6 Å². The monoisotopic (exact) mass is 412 g/mol. The van der Waals surface area contributed by atoms with Crippen LogP contribution in [0.15, 0.2) is 60.7 Å². The van der Waals surface area contributed by atoms with Gasteiger partial charge in [-0.15, -0.1) is 0 Å². The van der Waals surface area contributed by atoms with E-state index in [1.807, 2.05) is 72.6 Å². The van der Waals surface area contributed by atoms with E-state index in [4.69, 9.17) is 0 Å². The second-order valence-corrected chi connectivity index (χ2v) is 8.89. The molecule has 1 spiro atoms. The molecule has 0 unspecified atom stereocenters. The molecule has 2 atom stereocenters. The van der Waals surface area contributed by atoms with Crippen molar-refractivity contribution in [2.24, 2.45) is 7.05 Å². The summed E-state index contributed by atoms with van der Waals surface area (Å²) in [6.07, 6.45) is 2.87. The van der Waals surface area contributed by atoms with Crippen LogP contribution in [0.1, 0.15) is 58.5 Å². The van der Waals surface area contributed by atoms with E-state index in [1.165, 1.54) is 0 Å². The highest BCUT2D eigenvalue weighted by Gasteiger charge is 2.59. The zero-order chi connectivity index (χ0) is 21.2. The van der Waals surface area contributed by atoms with E-state index in [0.29, 0.717) is 24.6 Å². The Balaban J connectivity index is 1.48. The first-order valence-electron chi connectivity index (χ1n) is 10.9. The molecule has 2 fully saturated rings. The van der Waals surface area contributed by atoms with Gasteiger partial charge in [0, 0.05) is 25.2 Å². The molecule has 6 heteroatoms. The lowest BCUT2D eigenvalue weighted by molar-refractivity contribution is -0.121. The van der Waals surface area contributed by atoms with Crippen molar-refractivity contribution < 1.29 is 9.59 Å². The van der Waals surface area contributed by atoms with Crippen molar-refractivity contribution in [3.05, 3.63) is 83.2 Å². The first kappa shape index (κ1) is 18.4. The fraction of sp³-hybridized carbons (Fsp3) is 0.320. The van der Waals surface area contributed by atoms with Crippen LogP contribution in [0.2, 0.25) is 0 Å². The molecule has 6 nitrogen and oxygen atoms in total. The minimum Gasteiger partial charge on any atom is -0.329 e. The Morgan fingerprint density at radius 1 is 1.10 bits per heavy atom. The van der Waals surface area contributed by atoms with Crippen LogP contribution in [0, 0.1) is 0 Å². The van der Waals surface area contributed by atoms with Crippen LogP contribution >= 0.6 is 0 Å². The summed E-state index contributed by atoms with van der Waals surface area (Å²) >= 11 is 0. The molecule has 1 N–H and O–H groups in total. The Labute approximate surface area is 180 Å². The molecular formula is C25H24N4O2. The molecule has 3 aliphatic rings. The predicted molar refractivity (Wildman–Crippen MR) is 117 cm³/mol. The first-order valence-corrected chi connectivity index (χ1v) is 10.9. The van der Waals surface area contributed by atoms with Crippen molar-refractivity contribution in [3.63, 3.8) is 0 Å². The van der Waals surface area contributed by atoms with Gasteiger partial charge in [-0.25, -0.2) is 0 Å². The molecule has 3 heterocycles. The van der Waals surface area contributed by atoms with Gasteiger partial charge in [0.15, 0.2) is 0 Å². The van der Waals surface area contributed by atoms with Gasteiger partial charge >= 0.3 is 0 Å². The number of fused-ring (bicyclic) bond motifs is 2. The third-order valence-corrected chi connectivity index (χ3v) is 7.08. The quantitative estimate of drug-likeness (QED) is 0.712. The maximum Gasteiger partial charge on any atom is 0.272 e. The SMILES string of the molecule is Cn1nc(C2CC2)cc1C(=O)N1CC[C@]2(C(=O)Nc3ccccc32)[C@@H]1c1ccccc1. The van der Waals surface area contributed by atoms with Crippen LogP contribution in [0.3, 0.4) is 0 Å². The Bertz CT molecular complexity index is 1200. The molecule has 1 aromatic heterocycles. The average molecular weight is 412 g/mol. The van der Waals surface area contributed by atoms with E-state index >= 15 is 0 Å². The number of nitrogens with zero attached hydrogens (tertiary/aromatic N) is 3.